The Kier molecular flexibility index (Phi) is 5.77. The lowest BCUT2D eigenvalue weighted by atomic mass is 10.1. The molecule has 0 amide bonds. The van der Waals surface area contributed by atoms with E-state index in [1.54, 1.807) is 6.92 Å². The minimum absolute atomic E-state index is 0.450. The van der Waals surface area contributed by atoms with Crippen molar-refractivity contribution in [1.82, 2.24) is 0 Å². The molecule has 0 N–H and O–H groups in total. The van der Waals surface area contributed by atoms with Crippen molar-refractivity contribution in [3.05, 3.63) is 0 Å². The van der Waals surface area contributed by atoms with Crippen LogP contribution in [0.2, 0.25) is 0 Å². The van der Waals surface area contributed by atoms with Gasteiger partial charge in [0.2, 0.25) is 0 Å². The maximum atomic E-state index is 8.37. The van der Waals surface area contributed by atoms with Gasteiger partial charge in [-0.25, -0.2) is 0 Å². The van der Waals surface area contributed by atoms with Gasteiger partial charge in [-0.3, -0.25) is 0 Å². The first-order valence-corrected chi connectivity index (χ1v) is 3.54. The SMILES string of the molecule is CC#CCCCC(C#N)C#N. The van der Waals surface area contributed by atoms with Gasteiger partial charge in [0.05, 0.1) is 12.1 Å². The standard InChI is InChI=1S/C9H10N2/c1-2-3-4-5-6-9(7-10)8-11/h9H,4-6H2,1H3. The van der Waals surface area contributed by atoms with Crippen molar-refractivity contribution in [2.45, 2.75) is 26.2 Å². The molecule has 0 aromatic carbocycles. The largest absolute Gasteiger partial charge is 0.197 e. The normalized spacial score (nSPS) is 7.64. The molecule has 0 aliphatic rings. The Labute approximate surface area is 67.4 Å². The van der Waals surface area contributed by atoms with Gasteiger partial charge in [0.1, 0.15) is 5.92 Å². The molecule has 0 rings (SSSR count). The second kappa shape index (κ2) is 6.66. The predicted octanol–water partition coefficient (Wildman–Crippen LogP) is 1.84. The third kappa shape index (κ3) is 5.01. The first-order chi connectivity index (χ1) is 5.35. The van der Waals surface area contributed by atoms with Crippen molar-refractivity contribution in [1.29, 1.82) is 10.5 Å². The van der Waals surface area contributed by atoms with E-state index in [0.717, 1.165) is 12.8 Å². The van der Waals surface area contributed by atoms with Crippen LogP contribution in [0.25, 0.3) is 0 Å². The van der Waals surface area contributed by atoms with Crippen LogP contribution in [0.5, 0.6) is 0 Å². The summed E-state index contributed by atoms with van der Waals surface area (Å²) in [5, 5.41) is 16.7. The minimum Gasteiger partial charge on any atom is -0.197 e. The van der Waals surface area contributed by atoms with Gasteiger partial charge in [-0.15, -0.1) is 11.8 Å². The zero-order chi connectivity index (χ0) is 8.53. The highest BCUT2D eigenvalue weighted by Gasteiger charge is 2.02. The molecule has 56 valence electrons. The van der Waals surface area contributed by atoms with E-state index < -0.39 is 5.92 Å². The highest BCUT2D eigenvalue weighted by Crippen LogP contribution is 2.04. The molecule has 0 atom stereocenters. The van der Waals surface area contributed by atoms with E-state index in [-0.39, 0.29) is 0 Å². The summed E-state index contributed by atoms with van der Waals surface area (Å²) in [6.07, 6.45) is 2.27. The fourth-order valence-corrected chi connectivity index (χ4v) is 0.678. The molecule has 0 saturated heterocycles. The van der Waals surface area contributed by atoms with E-state index >= 15 is 0 Å². The smallest absolute Gasteiger partial charge is 0.133 e. The van der Waals surface area contributed by atoms with Crippen LogP contribution in [-0.2, 0) is 0 Å². The number of hydrogen-bond donors (Lipinski definition) is 0. The zero-order valence-corrected chi connectivity index (χ0v) is 6.59. The molecule has 2 heteroatoms. The Morgan fingerprint density at radius 2 is 1.91 bits per heavy atom. The van der Waals surface area contributed by atoms with Crippen LogP contribution in [0.3, 0.4) is 0 Å². The first kappa shape index (κ1) is 9.54. The molecular formula is C9H10N2. The third-order valence-electron chi connectivity index (χ3n) is 1.28. The first-order valence-electron chi connectivity index (χ1n) is 3.54. The highest BCUT2D eigenvalue weighted by atomic mass is 14.3. The lowest BCUT2D eigenvalue weighted by Gasteiger charge is -1.93. The summed E-state index contributed by atoms with van der Waals surface area (Å²) < 4.78 is 0. The van der Waals surface area contributed by atoms with Gasteiger partial charge in [-0.05, 0) is 19.8 Å². The van der Waals surface area contributed by atoms with Crippen molar-refractivity contribution < 1.29 is 0 Å². The molecule has 0 radical (unpaired) electrons. The van der Waals surface area contributed by atoms with Gasteiger partial charge < -0.3 is 0 Å². The molecule has 11 heavy (non-hydrogen) atoms. The maximum Gasteiger partial charge on any atom is 0.133 e. The Bertz CT molecular complexity index is 217. The summed E-state index contributed by atoms with van der Waals surface area (Å²) in [5.74, 6) is 5.19. The Morgan fingerprint density at radius 3 is 2.36 bits per heavy atom. The van der Waals surface area contributed by atoms with Gasteiger partial charge in [-0.2, -0.15) is 10.5 Å². The van der Waals surface area contributed by atoms with Crippen LogP contribution in [0.4, 0.5) is 0 Å². The molecule has 0 unspecified atom stereocenters. The van der Waals surface area contributed by atoms with Gasteiger partial charge in [0, 0.05) is 6.42 Å². The number of rotatable bonds is 3. The van der Waals surface area contributed by atoms with E-state index in [4.69, 9.17) is 10.5 Å². The van der Waals surface area contributed by atoms with E-state index in [2.05, 4.69) is 11.8 Å². The van der Waals surface area contributed by atoms with Crippen LogP contribution >= 0.6 is 0 Å². The monoisotopic (exact) mass is 146 g/mol. The van der Waals surface area contributed by atoms with Gasteiger partial charge in [0.25, 0.3) is 0 Å². The van der Waals surface area contributed by atoms with E-state index in [1.807, 2.05) is 12.1 Å². The van der Waals surface area contributed by atoms with Crippen molar-refractivity contribution in [3.8, 4) is 24.0 Å². The van der Waals surface area contributed by atoms with Crippen molar-refractivity contribution >= 4 is 0 Å². The summed E-state index contributed by atoms with van der Waals surface area (Å²) in [6, 6.07) is 3.84. The third-order valence-corrected chi connectivity index (χ3v) is 1.28. The van der Waals surface area contributed by atoms with E-state index in [9.17, 15) is 0 Å². The van der Waals surface area contributed by atoms with Crippen LogP contribution in [0, 0.1) is 40.4 Å². The predicted molar refractivity (Wildman–Crippen MR) is 42.0 cm³/mol. The molecule has 0 aliphatic heterocycles. The molecule has 0 saturated carbocycles. The molecular weight excluding hydrogens is 136 g/mol. The summed E-state index contributed by atoms with van der Waals surface area (Å²) in [5.41, 5.74) is 0. The van der Waals surface area contributed by atoms with Crippen molar-refractivity contribution in [2.75, 3.05) is 0 Å². The Balaban J connectivity index is 3.45. The number of nitrogens with zero attached hydrogens (tertiary/aromatic N) is 2. The zero-order valence-electron chi connectivity index (χ0n) is 6.59. The van der Waals surface area contributed by atoms with Crippen molar-refractivity contribution in [2.24, 2.45) is 5.92 Å². The Hall–Kier alpha value is -1.46. The average Bonchev–Trinajstić information content (AvgIpc) is 2.05. The molecule has 0 aromatic rings. The number of nitriles is 2. The lowest BCUT2D eigenvalue weighted by Crippen LogP contribution is -1.91. The van der Waals surface area contributed by atoms with Gasteiger partial charge in [0.15, 0.2) is 0 Å². The van der Waals surface area contributed by atoms with Gasteiger partial charge >= 0.3 is 0 Å². The minimum atomic E-state index is -0.450. The molecule has 0 bridgehead atoms. The molecule has 2 nitrogen and oxygen atoms in total. The van der Waals surface area contributed by atoms with Crippen molar-refractivity contribution in [3.63, 3.8) is 0 Å². The second-order valence-corrected chi connectivity index (χ2v) is 2.13. The topological polar surface area (TPSA) is 47.6 Å². The molecule has 0 heterocycles. The van der Waals surface area contributed by atoms with Crippen LogP contribution in [0.1, 0.15) is 26.2 Å². The fraction of sp³-hybridized carbons (Fsp3) is 0.556. The summed E-state index contributed by atoms with van der Waals surface area (Å²) in [7, 11) is 0. The molecule has 0 aliphatic carbocycles. The second-order valence-electron chi connectivity index (χ2n) is 2.13. The van der Waals surface area contributed by atoms with Crippen LogP contribution in [0.15, 0.2) is 0 Å². The fourth-order valence-electron chi connectivity index (χ4n) is 0.678. The van der Waals surface area contributed by atoms with E-state index in [0.29, 0.717) is 6.42 Å². The Morgan fingerprint density at radius 1 is 1.27 bits per heavy atom. The maximum absolute atomic E-state index is 8.37. The lowest BCUT2D eigenvalue weighted by molar-refractivity contribution is 0.685. The number of unbranched alkanes of at least 4 members (excludes halogenated alkanes) is 1. The van der Waals surface area contributed by atoms with Gasteiger partial charge in [-0.1, -0.05) is 0 Å². The summed E-state index contributed by atoms with van der Waals surface area (Å²) >= 11 is 0. The molecule has 0 spiro atoms. The molecule has 0 aromatic heterocycles. The number of hydrogen-bond acceptors (Lipinski definition) is 2. The quantitative estimate of drug-likeness (QED) is 0.450. The molecule has 0 fully saturated rings. The highest BCUT2D eigenvalue weighted by molar-refractivity contribution is 5.00. The summed E-state index contributed by atoms with van der Waals surface area (Å²) in [6.45, 7) is 1.78. The summed E-state index contributed by atoms with van der Waals surface area (Å²) in [4.78, 5) is 0. The van der Waals surface area contributed by atoms with Crippen LogP contribution in [-0.4, -0.2) is 0 Å². The average molecular weight is 146 g/mol. The van der Waals surface area contributed by atoms with E-state index in [1.165, 1.54) is 0 Å². The van der Waals surface area contributed by atoms with Crippen LogP contribution < -0.4 is 0 Å².